The summed E-state index contributed by atoms with van der Waals surface area (Å²) in [6.07, 6.45) is 1.73. The van der Waals surface area contributed by atoms with Gasteiger partial charge < -0.3 is 18.3 Å². The molecule has 0 saturated heterocycles. The van der Waals surface area contributed by atoms with Gasteiger partial charge in [-0.1, -0.05) is 36.4 Å². The van der Waals surface area contributed by atoms with Crippen LogP contribution in [-0.2, 0) is 0 Å². The van der Waals surface area contributed by atoms with E-state index < -0.39 is 5.63 Å². The molecule has 5 heteroatoms. The van der Waals surface area contributed by atoms with Gasteiger partial charge in [-0.3, -0.25) is 0 Å². The van der Waals surface area contributed by atoms with Crippen molar-refractivity contribution in [2.75, 3.05) is 14.2 Å². The van der Waals surface area contributed by atoms with E-state index in [0.29, 0.717) is 33.8 Å². The van der Waals surface area contributed by atoms with Gasteiger partial charge in [0.05, 0.1) is 26.0 Å². The van der Waals surface area contributed by atoms with Crippen molar-refractivity contribution in [3.63, 3.8) is 0 Å². The molecule has 5 nitrogen and oxygen atoms in total. The van der Waals surface area contributed by atoms with Crippen LogP contribution in [0.25, 0.3) is 44.2 Å². The second-order valence-electron chi connectivity index (χ2n) is 6.92. The molecule has 0 aliphatic rings. The number of hydrogen-bond donors (Lipinski definition) is 0. The summed E-state index contributed by atoms with van der Waals surface area (Å²) >= 11 is 0. The van der Waals surface area contributed by atoms with E-state index in [1.165, 1.54) is 0 Å². The minimum atomic E-state index is -0.427. The topological polar surface area (TPSA) is 61.8 Å². The van der Waals surface area contributed by atoms with Crippen molar-refractivity contribution < 1.29 is 18.3 Å². The van der Waals surface area contributed by atoms with Gasteiger partial charge in [-0.05, 0) is 35.4 Å². The van der Waals surface area contributed by atoms with Crippen LogP contribution in [0.4, 0.5) is 0 Å². The molecule has 5 aromatic rings. The molecule has 0 atom stereocenters. The Labute approximate surface area is 172 Å². The van der Waals surface area contributed by atoms with E-state index in [0.717, 1.165) is 21.9 Å². The van der Waals surface area contributed by atoms with Crippen LogP contribution in [0.3, 0.4) is 0 Å². The van der Waals surface area contributed by atoms with E-state index in [9.17, 15) is 4.79 Å². The highest BCUT2D eigenvalue weighted by atomic mass is 16.5. The number of hydrogen-bond acceptors (Lipinski definition) is 5. The van der Waals surface area contributed by atoms with Crippen molar-refractivity contribution in [3.05, 3.63) is 83.4 Å². The maximum absolute atomic E-state index is 12.7. The lowest BCUT2D eigenvalue weighted by Crippen LogP contribution is -2.03. The maximum atomic E-state index is 12.7. The predicted octanol–water partition coefficient (Wildman–Crippen LogP) is 5.89. The van der Waals surface area contributed by atoms with Crippen LogP contribution in [0.5, 0.6) is 11.5 Å². The second kappa shape index (κ2) is 7.12. The molecule has 30 heavy (non-hydrogen) atoms. The SMILES string of the molecule is COc1ccc(-c2cc3cc4c(-c5ccccc5)coc4cc3oc2=O)cc1OC. The molecule has 0 bridgehead atoms. The van der Waals surface area contributed by atoms with Gasteiger partial charge in [-0.15, -0.1) is 0 Å². The van der Waals surface area contributed by atoms with Gasteiger partial charge in [0, 0.05) is 22.4 Å². The van der Waals surface area contributed by atoms with Crippen LogP contribution in [0.1, 0.15) is 0 Å². The van der Waals surface area contributed by atoms with Gasteiger partial charge in [-0.25, -0.2) is 4.79 Å². The number of methoxy groups -OCH3 is 2. The van der Waals surface area contributed by atoms with Crippen molar-refractivity contribution in [2.24, 2.45) is 0 Å². The minimum absolute atomic E-state index is 0.427. The second-order valence-corrected chi connectivity index (χ2v) is 6.92. The minimum Gasteiger partial charge on any atom is -0.493 e. The first kappa shape index (κ1) is 18.1. The molecular formula is C25H18O5. The van der Waals surface area contributed by atoms with E-state index in [4.69, 9.17) is 18.3 Å². The predicted molar refractivity (Wildman–Crippen MR) is 116 cm³/mol. The van der Waals surface area contributed by atoms with Crippen LogP contribution in [-0.4, -0.2) is 14.2 Å². The smallest absolute Gasteiger partial charge is 0.344 e. The molecule has 2 aromatic heterocycles. The largest absolute Gasteiger partial charge is 0.493 e. The first-order chi connectivity index (χ1) is 14.7. The van der Waals surface area contributed by atoms with Gasteiger partial charge in [0.15, 0.2) is 11.5 Å². The molecule has 0 fully saturated rings. The van der Waals surface area contributed by atoms with Crippen molar-refractivity contribution in [1.82, 2.24) is 0 Å². The highest BCUT2D eigenvalue weighted by Gasteiger charge is 2.15. The van der Waals surface area contributed by atoms with E-state index >= 15 is 0 Å². The standard InChI is InChI=1S/C25H18O5/c1-27-21-9-8-16(12-24(21)28-2)18-10-17-11-19-20(15-6-4-3-5-7-15)14-29-23(19)13-22(17)30-25(18)26/h3-14H,1-2H3. The zero-order valence-electron chi connectivity index (χ0n) is 16.5. The summed E-state index contributed by atoms with van der Waals surface area (Å²) in [6, 6.07) is 21.0. The summed E-state index contributed by atoms with van der Waals surface area (Å²) < 4.78 is 22.0. The third-order valence-electron chi connectivity index (χ3n) is 5.21. The van der Waals surface area contributed by atoms with Gasteiger partial charge in [-0.2, -0.15) is 0 Å². The lowest BCUT2D eigenvalue weighted by Gasteiger charge is -2.09. The third-order valence-corrected chi connectivity index (χ3v) is 5.21. The van der Waals surface area contributed by atoms with Gasteiger partial charge >= 0.3 is 5.63 Å². The van der Waals surface area contributed by atoms with Crippen molar-refractivity contribution in [3.8, 4) is 33.8 Å². The average Bonchev–Trinajstić information content (AvgIpc) is 3.20. The Balaban J connectivity index is 1.71. The molecular weight excluding hydrogens is 380 g/mol. The molecule has 0 unspecified atom stereocenters. The third kappa shape index (κ3) is 2.92. The molecule has 3 aromatic carbocycles. The van der Waals surface area contributed by atoms with Crippen LogP contribution >= 0.6 is 0 Å². The molecule has 2 heterocycles. The summed E-state index contributed by atoms with van der Waals surface area (Å²) in [7, 11) is 3.13. The van der Waals surface area contributed by atoms with E-state index in [2.05, 4.69) is 0 Å². The summed E-state index contributed by atoms with van der Waals surface area (Å²) in [5, 5.41) is 1.77. The Morgan fingerprint density at radius 3 is 2.30 bits per heavy atom. The van der Waals surface area contributed by atoms with Crippen molar-refractivity contribution >= 4 is 21.9 Å². The summed E-state index contributed by atoms with van der Waals surface area (Å²) in [6.45, 7) is 0. The molecule has 5 rings (SSSR count). The van der Waals surface area contributed by atoms with Crippen molar-refractivity contribution in [1.29, 1.82) is 0 Å². The number of rotatable bonds is 4. The Bertz CT molecular complexity index is 1430. The Kier molecular flexibility index (Phi) is 4.29. The number of ether oxygens (including phenoxy) is 2. The maximum Gasteiger partial charge on any atom is 0.344 e. The van der Waals surface area contributed by atoms with Crippen LogP contribution in [0.2, 0.25) is 0 Å². The fourth-order valence-corrected chi connectivity index (χ4v) is 3.69. The van der Waals surface area contributed by atoms with E-state index in [1.807, 2.05) is 48.5 Å². The molecule has 148 valence electrons. The Hall–Kier alpha value is -3.99. The lowest BCUT2D eigenvalue weighted by atomic mass is 10.0. The molecule has 0 aliphatic heterocycles. The van der Waals surface area contributed by atoms with Crippen molar-refractivity contribution in [2.45, 2.75) is 0 Å². The summed E-state index contributed by atoms with van der Waals surface area (Å²) in [5.41, 5.74) is 3.92. The van der Waals surface area contributed by atoms with E-state index in [-0.39, 0.29) is 0 Å². The number of benzene rings is 3. The average molecular weight is 398 g/mol. The lowest BCUT2D eigenvalue weighted by molar-refractivity contribution is 0.355. The molecule has 0 radical (unpaired) electrons. The van der Waals surface area contributed by atoms with Gasteiger partial charge in [0.2, 0.25) is 0 Å². The Morgan fingerprint density at radius 1 is 0.733 bits per heavy atom. The monoisotopic (exact) mass is 398 g/mol. The molecule has 0 saturated carbocycles. The van der Waals surface area contributed by atoms with Crippen LogP contribution < -0.4 is 15.1 Å². The molecule has 0 N–H and O–H groups in total. The molecule has 0 amide bonds. The fraction of sp³-hybridized carbons (Fsp3) is 0.0800. The van der Waals surface area contributed by atoms with Crippen LogP contribution in [0, 0.1) is 0 Å². The zero-order valence-corrected chi connectivity index (χ0v) is 16.5. The highest BCUT2D eigenvalue weighted by molar-refractivity contribution is 6.02. The Morgan fingerprint density at radius 2 is 1.53 bits per heavy atom. The first-order valence-corrected chi connectivity index (χ1v) is 9.45. The fourth-order valence-electron chi connectivity index (χ4n) is 3.69. The first-order valence-electron chi connectivity index (χ1n) is 9.45. The summed E-state index contributed by atoms with van der Waals surface area (Å²) in [4.78, 5) is 12.7. The highest BCUT2D eigenvalue weighted by Crippen LogP contribution is 2.35. The van der Waals surface area contributed by atoms with Crippen LogP contribution in [0.15, 0.2) is 86.6 Å². The quantitative estimate of drug-likeness (QED) is 0.353. The van der Waals surface area contributed by atoms with E-state index in [1.54, 1.807) is 38.7 Å². The normalized spacial score (nSPS) is 11.1. The summed E-state index contributed by atoms with van der Waals surface area (Å²) in [5.74, 6) is 1.14. The molecule has 0 aliphatic carbocycles. The van der Waals surface area contributed by atoms with Gasteiger partial charge in [0.25, 0.3) is 0 Å². The number of furan rings is 1. The van der Waals surface area contributed by atoms with Gasteiger partial charge in [0.1, 0.15) is 11.2 Å². The zero-order chi connectivity index (χ0) is 20.7. The number of fused-ring (bicyclic) bond motifs is 2. The molecule has 0 spiro atoms.